The molecule has 0 N–H and O–H groups in total. The molecule has 1 aromatic carbocycles. The van der Waals surface area contributed by atoms with Crippen LogP contribution in [0.1, 0.15) is 5.56 Å². The zero-order valence-corrected chi connectivity index (χ0v) is 10.9. The highest BCUT2D eigenvalue weighted by Gasteiger charge is 2.35. The predicted molar refractivity (Wildman–Crippen MR) is 64.0 cm³/mol. The van der Waals surface area contributed by atoms with Crippen molar-refractivity contribution in [2.45, 2.75) is 6.18 Å². The van der Waals surface area contributed by atoms with Gasteiger partial charge < -0.3 is 4.90 Å². The molecule has 0 saturated heterocycles. The highest BCUT2D eigenvalue weighted by molar-refractivity contribution is 8.08. The standard InChI is InChI=1S/C9H9Cl2F3NP/c1-15(2)6-3-4-7(9(12,13)14)8(5-6)16(10)11/h3-5H,1-2H3. The van der Waals surface area contributed by atoms with Crippen molar-refractivity contribution in [2.75, 3.05) is 19.0 Å². The molecule has 0 aliphatic carbocycles. The normalized spacial score (nSPS) is 12.0. The lowest BCUT2D eigenvalue weighted by atomic mass is 10.2. The van der Waals surface area contributed by atoms with E-state index < -0.39 is 18.4 Å². The fraction of sp³-hybridized carbons (Fsp3) is 0.333. The van der Waals surface area contributed by atoms with Crippen molar-refractivity contribution in [3.63, 3.8) is 0 Å². The van der Waals surface area contributed by atoms with E-state index >= 15 is 0 Å². The Morgan fingerprint density at radius 3 is 2.12 bits per heavy atom. The van der Waals surface area contributed by atoms with Gasteiger partial charge in [0.1, 0.15) is 6.63 Å². The minimum Gasteiger partial charge on any atom is -0.378 e. The minimum atomic E-state index is -4.43. The molecule has 16 heavy (non-hydrogen) atoms. The number of rotatable bonds is 2. The number of nitrogens with zero attached hydrogens (tertiary/aromatic N) is 1. The summed E-state index contributed by atoms with van der Waals surface area (Å²) in [6.45, 7) is -1.82. The average molecular weight is 290 g/mol. The van der Waals surface area contributed by atoms with Crippen LogP contribution in [-0.4, -0.2) is 14.1 Å². The van der Waals surface area contributed by atoms with Crippen molar-refractivity contribution in [1.29, 1.82) is 0 Å². The van der Waals surface area contributed by atoms with E-state index in [4.69, 9.17) is 22.5 Å². The summed E-state index contributed by atoms with van der Waals surface area (Å²) in [5.41, 5.74) is -0.133. The van der Waals surface area contributed by atoms with Gasteiger partial charge in [-0.1, -0.05) is 22.5 Å². The van der Waals surface area contributed by atoms with Gasteiger partial charge in [-0.15, -0.1) is 0 Å². The van der Waals surface area contributed by atoms with E-state index in [1.807, 2.05) is 0 Å². The molecule has 90 valence electrons. The molecular formula is C9H9Cl2F3NP. The van der Waals surface area contributed by atoms with E-state index in [0.717, 1.165) is 6.07 Å². The first-order chi connectivity index (χ1) is 7.23. The Kier molecular flexibility index (Phi) is 4.33. The smallest absolute Gasteiger partial charge is 0.378 e. The molecule has 1 aromatic rings. The van der Waals surface area contributed by atoms with Crippen LogP contribution in [0.25, 0.3) is 0 Å². The van der Waals surface area contributed by atoms with Gasteiger partial charge in [-0.05, 0) is 18.2 Å². The molecule has 0 aliphatic rings. The topological polar surface area (TPSA) is 3.24 Å². The Labute approximate surface area is 102 Å². The second-order valence-electron chi connectivity index (χ2n) is 3.33. The fourth-order valence-corrected chi connectivity index (χ4v) is 2.63. The third kappa shape index (κ3) is 3.16. The van der Waals surface area contributed by atoms with Crippen molar-refractivity contribution in [3.8, 4) is 0 Å². The van der Waals surface area contributed by atoms with Gasteiger partial charge in [0.2, 0.25) is 0 Å². The summed E-state index contributed by atoms with van der Waals surface area (Å²) in [7, 11) is 3.47. The molecule has 0 aliphatic heterocycles. The molecule has 0 atom stereocenters. The number of benzene rings is 1. The fourth-order valence-electron chi connectivity index (χ4n) is 1.18. The van der Waals surface area contributed by atoms with Crippen LogP contribution in [-0.2, 0) is 6.18 Å². The zero-order valence-electron chi connectivity index (χ0n) is 8.52. The van der Waals surface area contributed by atoms with E-state index in [1.165, 1.54) is 12.1 Å². The van der Waals surface area contributed by atoms with E-state index in [-0.39, 0.29) is 5.30 Å². The summed E-state index contributed by atoms with van der Waals surface area (Å²) >= 11 is 11.2. The van der Waals surface area contributed by atoms with Crippen LogP contribution in [0, 0.1) is 0 Å². The molecule has 0 saturated carbocycles. The summed E-state index contributed by atoms with van der Waals surface area (Å²) in [5.74, 6) is 0. The maximum absolute atomic E-state index is 12.6. The molecule has 0 bridgehead atoms. The summed E-state index contributed by atoms with van der Waals surface area (Å²) in [6, 6.07) is 3.76. The van der Waals surface area contributed by atoms with Gasteiger partial charge in [0.15, 0.2) is 0 Å². The van der Waals surface area contributed by atoms with Gasteiger partial charge in [0.25, 0.3) is 0 Å². The van der Waals surface area contributed by atoms with Crippen molar-refractivity contribution >= 4 is 40.1 Å². The molecule has 0 aromatic heterocycles. The lowest BCUT2D eigenvalue weighted by molar-refractivity contribution is -0.136. The number of hydrogen-bond donors (Lipinski definition) is 0. The summed E-state index contributed by atoms with van der Waals surface area (Å²) in [6.07, 6.45) is -4.43. The Balaban J connectivity index is 3.31. The van der Waals surface area contributed by atoms with Crippen LogP contribution in [0.3, 0.4) is 0 Å². The van der Waals surface area contributed by atoms with E-state index in [0.29, 0.717) is 5.69 Å². The Morgan fingerprint density at radius 2 is 1.75 bits per heavy atom. The van der Waals surface area contributed by atoms with Crippen LogP contribution in [0.15, 0.2) is 18.2 Å². The van der Waals surface area contributed by atoms with Crippen LogP contribution < -0.4 is 10.2 Å². The monoisotopic (exact) mass is 289 g/mol. The Hall–Kier alpha value is -0.180. The van der Waals surface area contributed by atoms with Gasteiger partial charge in [0.05, 0.1) is 5.56 Å². The number of hydrogen-bond acceptors (Lipinski definition) is 1. The van der Waals surface area contributed by atoms with Crippen LogP contribution in [0.5, 0.6) is 0 Å². The maximum Gasteiger partial charge on any atom is 0.417 e. The number of halogens is 5. The first kappa shape index (κ1) is 13.9. The van der Waals surface area contributed by atoms with Gasteiger partial charge in [-0.25, -0.2) is 0 Å². The molecule has 7 heteroatoms. The third-order valence-corrected chi connectivity index (χ3v) is 3.81. The van der Waals surface area contributed by atoms with Gasteiger partial charge in [-0.2, -0.15) is 13.2 Å². The highest BCUT2D eigenvalue weighted by atomic mass is 35.9. The zero-order chi connectivity index (χ0) is 12.5. The third-order valence-electron chi connectivity index (χ3n) is 1.99. The minimum absolute atomic E-state index is 0.0583. The summed E-state index contributed by atoms with van der Waals surface area (Å²) in [4.78, 5) is 1.69. The first-order valence-electron chi connectivity index (χ1n) is 4.23. The van der Waals surface area contributed by atoms with E-state index in [1.54, 1.807) is 19.0 Å². The lowest BCUT2D eigenvalue weighted by Crippen LogP contribution is -2.19. The van der Waals surface area contributed by atoms with Crippen molar-refractivity contribution < 1.29 is 13.2 Å². The van der Waals surface area contributed by atoms with Crippen LogP contribution in [0.2, 0.25) is 0 Å². The molecule has 0 unspecified atom stereocenters. The van der Waals surface area contributed by atoms with E-state index in [2.05, 4.69) is 0 Å². The number of anilines is 1. The molecular weight excluding hydrogens is 281 g/mol. The highest BCUT2D eigenvalue weighted by Crippen LogP contribution is 2.49. The Bertz CT molecular complexity index is 380. The van der Waals surface area contributed by atoms with Crippen LogP contribution >= 0.6 is 29.1 Å². The first-order valence-corrected chi connectivity index (χ1v) is 7.39. The Morgan fingerprint density at radius 1 is 1.19 bits per heavy atom. The van der Waals surface area contributed by atoms with Crippen molar-refractivity contribution in [1.82, 2.24) is 0 Å². The lowest BCUT2D eigenvalue weighted by Gasteiger charge is -2.18. The summed E-state index contributed by atoms with van der Waals surface area (Å²) in [5, 5.41) is -0.0583. The number of alkyl halides is 3. The second kappa shape index (κ2) is 4.99. The van der Waals surface area contributed by atoms with Gasteiger partial charge in [-0.3, -0.25) is 0 Å². The molecule has 0 spiro atoms. The average Bonchev–Trinajstić information content (AvgIpc) is 2.15. The van der Waals surface area contributed by atoms with Crippen molar-refractivity contribution in [2.24, 2.45) is 0 Å². The predicted octanol–water partition coefficient (Wildman–Crippen LogP) is 4.19. The van der Waals surface area contributed by atoms with Gasteiger partial charge in [0, 0.05) is 25.1 Å². The maximum atomic E-state index is 12.6. The largest absolute Gasteiger partial charge is 0.417 e. The van der Waals surface area contributed by atoms with E-state index in [9.17, 15) is 13.2 Å². The molecule has 0 fully saturated rings. The molecule has 1 nitrogen and oxygen atoms in total. The molecule has 0 amide bonds. The van der Waals surface area contributed by atoms with Crippen LogP contribution in [0.4, 0.5) is 18.9 Å². The molecule has 0 heterocycles. The summed E-state index contributed by atoms with van der Waals surface area (Å²) < 4.78 is 37.9. The second-order valence-corrected chi connectivity index (χ2v) is 6.82. The SMILES string of the molecule is CN(C)c1ccc(C(F)(F)F)c(P(Cl)Cl)c1. The van der Waals surface area contributed by atoms with Crippen molar-refractivity contribution in [3.05, 3.63) is 23.8 Å². The van der Waals surface area contributed by atoms with Gasteiger partial charge >= 0.3 is 6.18 Å². The quantitative estimate of drug-likeness (QED) is 0.738. The molecule has 0 radical (unpaired) electrons. The molecule has 1 rings (SSSR count).